The second kappa shape index (κ2) is 9.70. The molecule has 0 spiro atoms. The summed E-state index contributed by atoms with van der Waals surface area (Å²) in [4.78, 5) is 4.89. The van der Waals surface area contributed by atoms with Gasteiger partial charge in [0.1, 0.15) is 0 Å². The summed E-state index contributed by atoms with van der Waals surface area (Å²) in [5.41, 5.74) is 1.32. The number of benzene rings is 1. The summed E-state index contributed by atoms with van der Waals surface area (Å²) in [6, 6.07) is 9.32. The van der Waals surface area contributed by atoms with Crippen molar-refractivity contribution < 1.29 is 4.74 Å². The topological polar surface area (TPSA) is 21.6 Å². The summed E-state index contributed by atoms with van der Waals surface area (Å²) in [6.45, 7) is 9.84. The van der Waals surface area contributed by atoms with Crippen molar-refractivity contribution in [3.05, 3.63) is 29.8 Å². The van der Waals surface area contributed by atoms with E-state index >= 15 is 0 Å². The molecule has 0 bridgehead atoms. The fraction of sp³-hybridized carbons (Fsp3) is 0.650. The van der Waals surface area contributed by atoms with Crippen LogP contribution >= 0.6 is 0 Å². The minimum absolute atomic E-state index is 0.330. The van der Waals surface area contributed by atoms with Crippen LogP contribution in [0, 0.1) is 5.92 Å². The average Bonchev–Trinajstić information content (AvgIpc) is 3.05. The van der Waals surface area contributed by atoms with Crippen LogP contribution in [0.15, 0.2) is 29.3 Å². The van der Waals surface area contributed by atoms with Crippen molar-refractivity contribution in [2.75, 3.05) is 6.61 Å². The van der Waals surface area contributed by atoms with Crippen LogP contribution in [0.4, 0.5) is 0 Å². The van der Waals surface area contributed by atoms with E-state index < -0.39 is 19.8 Å². The van der Waals surface area contributed by atoms with E-state index in [9.17, 15) is 0 Å². The molecule has 127 valence electrons. The Kier molecular flexibility index (Phi) is 7.94. The Bertz CT molecular complexity index is 504. The summed E-state index contributed by atoms with van der Waals surface area (Å²) in [6.07, 6.45) is 5.39. The fourth-order valence-electron chi connectivity index (χ4n) is 3.03. The normalized spacial score (nSPS) is 17.7. The first-order valence-corrected chi connectivity index (χ1v) is 14.8. The van der Waals surface area contributed by atoms with E-state index in [0.29, 0.717) is 12.0 Å². The van der Waals surface area contributed by atoms with Gasteiger partial charge in [-0.3, -0.25) is 0 Å². The minimum atomic E-state index is -1.58. The molecule has 1 aromatic rings. The van der Waals surface area contributed by atoms with Crippen LogP contribution in [-0.2, 0) is 4.74 Å². The molecular formula is C20H32NOSn. The molecule has 0 N–H and O–H groups in total. The second-order valence-electron chi connectivity index (χ2n) is 6.91. The first kappa shape index (κ1) is 18.8. The zero-order chi connectivity index (χ0) is 16.7. The van der Waals surface area contributed by atoms with Gasteiger partial charge in [-0.25, -0.2) is 0 Å². The van der Waals surface area contributed by atoms with Gasteiger partial charge in [0.05, 0.1) is 0 Å². The van der Waals surface area contributed by atoms with Gasteiger partial charge in [-0.05, 0) is 0 Å². The number of ether oxygens (including phenoxy) is 1. The Balaban J connectivity index is 2.25. The Hall–Kier alpha value is -0.511. The molecule has 0 fully saturated rings. The zero-order valence-corrected chi connectivity index (χ0v) is 18.1. The molecule has 1 heterocycles. The number of unbranched alkanes of at least 4 members (excludes halogenated alkanes) is 2. The van der Waals surface area contributed by atoms with Crippen molar-refractivity contribution >= 4 is 29.2 Å². The molecule has 1 aliphatic rings. The summed E-state index contributed by atoms with van der Waals surface area (Å²) in [5, 5.41) is 0. The molecule has 1 aromatic carbocycles. The third kappa shape index (κ3) is 5.23. The molecule has 1 radical (unpaired) electrons. The molecular weight excluding hydrogens is 389 g/mol. The van der Waals surface area contributed by atoms with Crippen LogP contribution in [0.5, 0.6) is 0 Å². The molecule has 0 saturated carbocycles. The summed E-state index contributed by atoms with van der Waals surface area (Å²) in [5.74, 6) is 1.48. The standard InChI is InChI=1S/C12H14NO.2C4H9.Sn/c1-9(2)11-8-14-12(13-11)10-6-4-3-5-7-10;2*1-3-4-2;/h3-6,9,11H,8H2,1-2H3;2*1,3-4H2,2H3;/t11-;;;/m1.../s1. The summed E-state index contributed by atoms with van der Waals surface area (Å²) >= 11 is -1.58. The van der Waals surface area contributed by atoms with E-state index in [-0.39, 0.29) is 0 Å². The van der Waals surface area contributed by atoms with Crippen LogP contribution in [0.1, 0.15) is 58.9 Å². The monoisotopic (exact) mass is 422 g/mol. The van der Waals surface area contributed by atoms with Gasteiger partial charge in [0.15, 0.2) is 0 Å². The number of nitrogens with zero attached hydrogens (tertiary/aromatic N) is 1. The first-order valence-electron chi connectivity index (χ1n) is 9.32. The average molecular weight is 421 g/mol. The van der Waals surface area contributed by atoms with Crippen molar-refractivity contribution in [3.63, 3.8) is 0 Å². The molecule has 1 atom stereocenters. The van der Waals surface area contributed by atoms with E-state index in [1.807, 2.05) is 0 Å². The van der Waals surface area contributed by atoms with Gasteiger partial charge in [0, 0.05) is 0 Å². The van der Waals surface area contributed by atoms with Crippen molar-refractivity contribution in [3.8, 4) is 0 Å². The van der Waals surface area contributed by atoms with E-state index in [0.717, 1.165) is 12.5 Å². The SMILES string of the molecule is CCC[CH2][Sn]([CH2]CCC)[c]1ccccc1C1=N[C@@H](C(C)C)CO1. The molecule has 23 heavy (non-hydrogen) atoms. The van der Waals surface area contributed by atoms with Crippen LogP contribution in [-0.4, -0.2) is 38.3 Å². The van der Waals surface area contributed by atoms with Gasteiger partial charge in [-0.1, -0.05) is 0 Å². The molecule has 2 nitrogen and oxygen atoms in total. The Morgan fingerprint density at radius 1 is 1.13 bits per heavy atom. The van der Waals surface area contributed by atoms with Crippen molar-refractivity contribution in [2.24, 2.45) is 10.9 Å². The number of hydrogen-bond donors (Lipinski definition) is 0. The Morgan fingerprint density at radius 2 is 1.78 bits per heavy atom. The molecule has 0 amide bonds. The Morgan fingerprint density at radius 3 is 2.35 bits per heavy atom. The molecule has 2 rings (SSSR count). The molecule has 0 aromatic heterocycles. The van der Waals surface area contributed by atoms with E-state index in [1.54, 1.807) is 3.58 Å². The Labute approximate surface area is 149 Å². The van der Waals surface area contributed by atoms with E-state index in [4.69, 9.17) is 9.73 Å². The van der Waals surface area contributed by atoms with Crippen molar-refractivity contribution in [2.45, 2.75) is 68.3 Å². The van der Waals surface area contributed by atoms with E-state index in [2.05, 4.69) is 52.0 Å². The quantitative estimate of drug-likeness (QED) is 0.526. The third-order valence-electron chi connectivity index (χ3n) is 4.65. The first-order chi connectivity index (χ1) is 11.2. The number of rotatable bonds is 9. The van der Waals surface area contributed by atoms with Crippen LogP contribution in [0.2, 0.25) is 8.87 Å². The molecule has 3 heteroatoms. The van der Waals surface area contributed by atoms with Gasteiger partial charge >= 0.3 is 150 Å². The predicted octanol–water partition coefficient (Wildman–Crippen LogP) is 4.79. The molecule has 0 aliphatic carbocycles. The second-order valence-corrected chi connectivity index (χ2v) is 14.7. The molecule has 0 saturated heterocycles. The van der Waals surface area contributed by atoms with Gasteiger partial charge < -0.3 is 0 Å². The van der Waals surface area contributed by atoms with Gasteiger partial charge in [-0.15, -0.1) is 0 Å². The fourth-order valence-corrected chi connectivity index (χ4v) is 12.3. The maximum absolute atomic E-state index is 5.99. The van der Waals surface area contributed by atoms with Crippen LogP contribution < -0.4 is 3.58 Å². The number of aliphatic imine (C=N–C) groups is 1. The summed E-state index contributed by atoms with van der Waals surface area (Å²) in [7, 11) is 0. The maximum atomic E-state index is 5.99. The van der Waals surface area contributed by atoms with Crippen molar-refractivity contribution in [1.82, 2.24) is 0 Å². The van der Waals surface area contributed by atoms with Crippen LogP contribution in [0.3, 0.4) is 0 Å². The number of hydrogen-bond acceptors (Lipinski definition) is 2. The van der Waals surface area contributed by atoms with Gasteiger partial charge in [0.2, 0.25) is 0 Å². The zero-order valence-electron chi connectivity index (χ0n) is 15.3. The molecule has 1 aliphatic heterocycles. The predicted molar refractivity (Wildman–Crippen MR) is 102 cm³/mol. The van der Waals surface area contributed by atoms with Crippen molar-refractivity contribution in [1.29, 1.82) is 0 Å². The van der Waals surface area contributed by atoms with Gasteiger partial charge in [0.25, 0.3) is 0 Å². The van der Waals surface area contributed by atoms with Crippen LogP contribution in [0.25, 0.3) is 0 Å². The summed E-state index contributed by atoms with van der Waals surface area (Å²) < 4.78 is 10.6. The van der Waals surface area contributed by atoms with E-state index in [1.165, 1.54) is 40.1 Å². The van der Waals surface area contributed by atoms with Gasteiger partial charge in [-0.2, -0.15) is 0 Å². The molecule has 0 unspecified atom stereocenters. The third-order valence-corrected chi connectivity index (χ3v) is 13.5.